The molecule has 0 aliphatic carbocycles. The molecule has 10 heteroatoms. The Labute approximate surface area is 164 Å². The minimum atomic E-state index is -4.03. The molecule has 0 saturated carbocycles. The first-order valence-electron chi connectivity index (χ1n) is 8.15. The second-order valence-electron chi connectivity index (χ2n) is 5.96. The van der Waals surface area contributed by atoms with E-state index in [4.69, 9.17) is 10.5 Å². The Morgan fingerprint density at radius 2 is 1.79 bits per heavy atom. The number of nitrogens with zero attached hydrogens (tertiary/aromatic N) is 1. The van der Waals surface area contributed by atoms with Crippen LogP contribution in [0.4, 0.5) is 4.39 Å². The molecular weight excluding hydrogens is 407 g/mol. The monoisotopic (exact) mass is 428 g/mol. The van der Waals surface area contributed by atoms with Gasteiger partial charge in [0.15, 0.2) is 9.84 Å². The van der Waals surface area contributed by atoms with Gasteiger partial charge in [-0.05, 0) is 30.3 Å². The molecule has 0 saturated heterocycles. The van der Waals surface area contributed by atoms with Crippen molar-refractivity contribution in [1.29, 1.82) is 0 Å². The number of nitrogens with two attached hydrogens (primary N) is 1. The van der Waals surface area contributed by atoms with Crippen LogP contribution in [0.25, 0.3) is 0 Å². The Morgan fingerprint density at radius 3 is 2.43 bits per heavy atom. The zero-order valence-corrected chi connectivity index (χ0v) is 17.0. The Morgan fingerprint density at radius 1 is 1.11 bits per heavy atom. The van der Waals surface area contributed by atoms with E-state index < -0.39 is 31.4 Å². The summed E-state index contributed by atoms with van der Waals surface area (Å²) in [5, 5.41) is 0. The molecule has 2 aromatic carbocycles. The van der Waals surface area contributed by atoms with E-state index in [1.165, 1.54) is 56.6 Å². The van der Waals surface area contributed by atoms with Crippen LogP contribution in [-0.2, 0) is 19.9 Å². The maximum Gasteiger partial charge on any atom is 0.242 e. The van der Waals surface area contributed by atoms with Crippen molar-refractivity contribution < 1.29 is 26.0 Å². The number of sulfone groups is 1. The average molecular weight is 429 g/mol. The fourth-order valence-electron chi connectivity index (χ4n) is 2.27. The van der Waals surface area contributed by atoms with Crippen molar-refractivity contribution in [2.75, 3.05) is 26.4 Å². The van der Waals surface area contributed by atoms with Crippen LogP contribution in [0.5, 0.6) is 11.5 Å². The van der Waals surface area contributed by atoms with E-state index in [9.17, 15) is 21.2 Å². The first-order chi connectivity index (χ1) is 13.1. The molecule has 0 aliphatic heterocycles. The first kappa shape index (κ1) is 22.0. The van der Waals surface area contributed by atoms with E-state index in [-0.39, 0.29) is 27.8 Å². The van der Waals surface area contributed by atoms with Crippen molar-refractivity contribution in [1.82, 2.24) is 4.31 Å². The molecule has 0 unspecified atom stereocenters. The minimum Gasteiger partial charge on any atom is -0.456 e. The molecule has 2 rings (SSSR count). The van der Waals surface area contributed by atoms with Crippen molar-refractivity contribution >= 4 is 19.9 Å². The van der Waals surface area contributed by atoms with Gasteiger partial charge in [-0.2, -0.15) is 0 Å². The largest absolute Gasteiger partial charge is 0.456 e. The molecule has 0 bridgehead atoms. The van der Waals surface area contributed by atoms with Gasteiger partial charge in [0.2, 0.25) is 10.0 Å². The maximum atomic E-state index is 13.7. The number of sulfonamides is 1. The standard InChI is InChI=1S/C18H21FN2O5S2/c1-21(2)28(24,25)16-7-5-6-15(12-16)26-17-8-3-4-9-18(17)27(22,23)13-14(19)10-11-20/h3-10,12H,11,13,20H2,1-2H3. The number of rotatable bonds is 8. The quantitative estimate of drug-likeness (QED) is 0.692. The fraction of sp³-hybridized carbons (Fsp3) is 0.222. The van der Waals surface area contributed by atoms with Crippen LogP contribution in [0, 0.1) is 0 Å². The number of hydrogen-bond donors (Lipinski definition) is 1. The summed E-state index contributed by atoms with van der Waals surface area (Å²) in [6.07, 6.45) is 0.983. The van der Waals surface area contributed by atoms with Gasteiger partial charge in [0.25, 0.3) is 0 Å². The molecular formula is C18H21FN2O5S2. The summed E-state index contributed by atoms with van der Waals surface area (Å²) < 4.78 is 70.0. The Hall–Kier alpha value is -2.27. The van der Waals surface area contributed by atoms with Gasteiger partial charge in [-0.1, -0.05) is 18.2 Å². The third-order valence-corrected chi connectivity index (χ3v) is 7.14. The number of ether oxygens (including phenoxy) is 1. The number of benzene rings is 2. The molecule has 28 heavy (non-hydrogen) atoms. The zero-order chi connectivity index (χ0) is 20.9. The maximum absolute atomic E-state index is 13.7. The van der Waals surface area contributed by atoms with E-state index in [2.05, 4.69) is 0 Å². The van der Waals surface area contributed by atoms with Crippen LogP contribution in [0.15, 0.2) is 70.2 Å². The third-order valence-electron chi connectivity index (χ3n) is 3.66. The zero-order valence-electron chi connectivity index (χ0n) is 15.4. The smallest absolute Gasteiger partial charge is 0.242 e. The predicted molar refractivity (Wildman–Crippen MR) is 104 cm³/mol. The average Bonchev–Trinajstić information content (AvgIpc) is 2.62. The summed E-state index contributed by atoms with van der Waals surface area (Å²) >= 11 is 0. The molecule has 0 amide bonds. The molecule has 0 radical (unpaired) electrons. The summed E-state index contributed by atoms with van der Waals surface area (Å²) in [4.78, 5) is -0.219. The van der Waals surface area contributed by atoms with Crippen LogP contribution in [0.1, 0.15) is 0 Å². The van der Waals surface area contributed by atoms with E-state index in [1.807, 2.05) is 0 Å². The van der Waals surface area contributed by atoms with Crippen molar-refractivity contribution in [3.63, 3.8) is 0 Å². The van der Waals surface area contributed by atoms with Gasteiger partial charge < -0.3 is 10.5 Å². The number of para-hydroxylation sites is 1. The fourth-order valence-corrected chi connectivity index (χ4v) is 4.55. The van der Waals surface area contributed by atoms with Gasteiger partial charge in [0, 0.05) is 26.7 Å². The molecule has 0 spiro atoms. The SMILES string of the molecule is CN(C)S(=O)(=O)c1cccc(Oc2ccccc2S(=O)(=O)CC(F)=CCN)c1. The van der Waals surface area contributed by atoms with Gasteiger partial charge in [0.1, 0.15) is 28.0 Å². The summed E-state index contributed by atoms with van der Waals surface area (Å²) in [6.45, 7) is -0.118. The second-order valence-corrected chi connectivity index (χ2v) is 10.1. The van der Waals surface area contributed by atoms with E-state index in [0.717, 1.165) is 10.4 Å². The number of hydrogen-bond acceptors (Lipinski definition) is 6. The normalized spacial score (nSPS) is 13.0. The Kier molecular flexibility index (Phi) is 6.94. The van der Waals surface area contributed by atoms with E-state index >= 15 is 0 Å². The highest BCUT2D eigenvalue weighted by Gasteiger charge is 2.23. The van der Waals surface area contributed by atoms with Crippen molar-refractivity contribution in [3.05, 3.63) is 60.4 Å². The van der Waals surface area contributed by atoms with Gasteiger partial charge in [-0.15, -0.1) is 0 Å². The molecule has 0 aliphatic rings. The van der Waals surface area contributed by atoms with E-state index in [0.29, 0.717) is 0 Å². The molecule has 0 atom stereocenters. The van der Waals surface area contributed by atoms with Crippen LogP contribution < -0.4 is 10.5 Å². The lowest BCUT2D eigenvalue weighted by molar-refractivity contribution is 0.464. The van der Waals surface area contributed by atoms with Crippen LogP contribution >= 0.6 is 0 Å². The van der Waals surface area contributed by atoms with Crippen LogP contribution in [-0.4, -0.2) is 47.5 Å². The van der Waals surface area contributed by atoms with Gasteiger partial charge in [0.05, 0.1) is 4.90 Å². The first-order valence-corrected chi connectivity index (χ1v) is 11.2. The lowest BCUT2D eigenvalue weighted by atomic mass is 10.3. The highest BCUT2D eigenvalue weighted by atomic mass is 32.2. The summed E-state index contributed by atoms with van der Waals surface area (Å²) in [7, 11) is -4.93. The van der Waals surface area contributed by atoms with Gasteiger partial charge in [-0.25, -0.2) is 25.5 Å². The molecule has 2 N–H and O–H groups in total. The highest BCUT2D eigenvalue weighted by Crippen LogP contribution is 2.31. The minimum absolute atomic E-state index is 0.00716. The summed E-state index contributed by atoms with van der Waals surface area (Å²) in [6, 6.07) is 11.4. The lowest BCUT2D eigenvalue weighted by Gasteiger charge is -2.14. The van der Waals surface area contributed by atoms with Crippen molar-refractivity contribution in [2.45, 2.75) is 9.79 Å². The van der Waals surface area contributed by atoms with Gasteiger partial charge in [-0.3, -0.25) is 0 Å². The Balaban J connectivity index is 2.41. The second kappa shape index (κ2) is 8.82. The molecule has 0 heterocycles. The topological polar surface area (TPSA) is 107 Å². The van der Waals surface area contributed by atoms with E-state index in [1.54, 1.807) is 6.07 Å². The highest BCUT2D eigenvalue weighted by molar-refractivity contribution is 7.91. The predicted octanol–water partition coefficient (Wildman–Crippen LogP) is 2.32. The Bertz CT molecular complexity index is 1080. The van der Waals surface area contributed by atoms with Crippen molar-refractivity contribution in [2.24, 2.45) is 5.73 Å². The molecule has 7 nitrogen and oxygen atoms in total. The van der Waals surface area contributed by atoms with Crippen molar-refractivity contribution in [3.8, 4) is 11.5 Å². The third kappa shape index (κ3) is 5.16. The van der Waals surface area contributed by atoms with Crippen LogP contribution in [0.3, 0.4) is 0 Å². The summed E-state index contributed by atoms with van der Waals surface area (Å²) in [5.41, 5.74) is 5.20. The van der Waals surface area contributed by atoms with Gasteiger partial charge >= 0.3 is 0 Å². The molecule has 0 aromatic heterocycles. The molecule has 2 aromatic rings. The molecule has 152 valence electrons. The molecule has 0 fully saturated rings. The summed E-state index contributed by atoms with van der Waals surface area (Å²) in [5.74, 6) is -1.62. The lowest BCUT2D eigenvalue weighted by Crippen LogP contribution is -2.22. The van der Waals surface area contributed by atoms with Crippen LogP contribution in [0.2, 0.25) is 0 Å². The number of halogens is 1.